The highest BCUT2D eigenvalue weighted by Gasteiger charge is 2.31. The largest absolute Gasteiger partial charge is 0.495 e. The lowest BCUT2D eigenvalue weighted by atomic mass is 10.0. The third-order valence-corrected chi connectivity index (χ3v) is 8.18. The SMILES string of the molecule is CCCNC(=O)[C@@H](Cc1ccccc1)N(Cc1ccccc1F)C(=O)CCCN(c1ccc(OC)c(Cl)c1)S(C)(=O)=O. The minimum absolute atomic E-state index is 0.00779. The van der Waals surface area contributed by atoms with Crippen LogP contribution in [0.5, 0.6) is 5.75 Å². The average molecular weight is 618 g/mol. The van der Waals surface area contributed by atoms with Crippen molar-refractivity contribution in [2.45, 2.75) is 45.2 Å². The van der Waals surface area contributed by atoms with Gasteiger partial charge >= 0.3 is 0 Å². The van der Waals surface area contributed by atoms with Gasteiger partial charge in [0, 0.05) is 38.0 Å². The van der Waals surface area contributed by atoms with Gasteiger partial charge in [0.15, 0.2) is 0 Å². The number of hydrogen-bond acceptors (Lipinski definition) is 5. The molecule has 1 N–H and O–H groups in total. The Balaban J connectivity index is 1.88. The van der Waals surface area contributed by atoms with Gasteiger partial charge in [-0.25, -0.2) is 12.8 Å². The summed E-state index contributed by atoms with van der Waals surface area (Å²) in [5.74, 6) is -0.816. The first-order valence-corrected chi connectivity index (χ1v) is 15.9. The second-order valence-electron chi connectivity index (χ2n) is 9.87. The topological polar surface area (TPSA) is 96.0 Å². The van der Waals surface area contributed by atoms with E-state index >= 15 is 0 Å². The Hall–Kier alpha value is -3.63. The summed E-state index contributed by atoms with van der Waals surface area (Å²) in [7, 11) is -2.25. The monoisotopic (exact) mass is 617 g/mol. The second kappa shape index (κ2) is 15.6. The standard InChI is InChI=1S/C31H37ClFN3O5S/c1-4-18-34-31(38)28(20-23-11-6-5-7-12-23)35(22-24-13-8-9-14-27(24)33)30(37)15-10-19-36(42(3,39)40)25-16-17-29(41-2)26(32)21-25/h5-9,11-14,16-17,21,28H,4,10,15,18-20,22H2,1-3H3,(H,34,38)/t28-/m1/s1. The summed E-state index contributed by atoms with van der Waals surface area (Å²) in [6.07, 6.45) is 2.10. The number of hydrogen-bond donors (Lipinski definition) is 1. The van der Waals surface area contributed by atoms with E-state index in [1.54, 1.807) is 30.3 Å². The van der Waals surface area contributed by atoms with Crippen molar-refractivity contribution in [2.24, 2.45) is 0 Å². The highest BCUT2D eigenvalue weighted by atomic mass is 35.5. The summed E-state index contributed by atoms with van der Waals surface area (Å²) in [4.78, 5) is 28.6. The number of benzene rings is 3. The normalized spacial score (nSPS) is 11.9. The minimum atomic E-state index is -3.71. The van der Waals surface area contributed by atoms with Crippen LogP contribution in [0.1, 0.15) is 37.3 Å². The van der Waals surface area contributed by atoms with Crippen LogP contribution in [-0.4, -0.2) is 57.6 Å². The summed E-state index contributed by atoms with van der Waals surface area (Å²) in [5, 5.41) is 3.13. The lowest BCUT2D eigenvalue weighted by Crippen LogP contribution is -2.50. The molecule has 0 aliphatic carbocycles. The third-order valence-electron chi connectivity index (χ3n) is 6.69. The maximum Gasteiger partial charge on any atom is 0.243 e. The molecule has 11 heteroatoms. The molecule has 0 bridgehead atoms. The van der Waals surface area contributed by atoms with Gasteiger partial charge in [0.2, 0.25) is 21.8 Å². The van der Waals surface area contributed by atoms with Gasteiger partial charge in [-0.2, -0.15) is 0 Å². The fourth-order valence-corrected chi connectivity index (χ4v) is 5.75. The summed E-state index contributed by atoms with van der Waals surface area (Å²) in [6.45, 7) is 2.23. The summed E-state index contributed by atoms with van der Waals surface area (Å²) in [6, 6.07) is 19.2. The van der Waals surface area contributed by atoms with Crippen molar-refractivity contribution in [3.63, 3.8) is 0 Å². The molecule has 3 aromatic rings. The number of carbonyl (C=O) groups is 2. The van der Waals surface area contributed by atoms with E-state index < -0.39 is 27.8 Å². The number of sulfonamides is 1. The number of amides is 2. The Morgan fingerprint density at radius 2 is 1.74 bits per heavy atom. The Kier molecular flexibility index (Phi) is 12.2. The van der Waals surface area contributed by atoms with Gasteiger partial charge in [-0.05, 0) is 42.7 Å². The van der Waals surface area contributed by atoms with E-state index in [9.17, 15) is 22.4 Å². The van der Waals surface area contributed by atoms with Gasteiger partial charge in [-0.3, -0.25) is 13.9 Å². The molecule has 8 nitrogen and oxygen atoms in total. The van der Waals surface area contributed by atoms with E-state index in [0.29, 0.717) is 24.4 Å². The fourth-order valence-electron chi connectivity index (χ4n) is 4.54. The van der Waals surface area contributed by atoms with Crippen molar-refractivity contribution in [1.82, 2.24) is 10.2 Å². The van der Waals surface area contributed by atoms with Crippen LogP contribution < -0.4 is 14.4 Å². The van der Waals surface area contributed by atoms with Crippen LogP contribution in [0.2, 0.25) is 5.02 Å². The summed E-state index contributed by atoms with van der Waals surface area (Å²) < 4.78 is 46.4. The number of methoxy groups -OCH3 is 1. The van der Waals surface area contributed by atoms with E-state index in [0.717, 1.165) is 11.8 Å². The molecule has 0 fully saturated rings. The van der Waals surface area contributed by atoms with Gasteiger partial charge in [-0.15, -0.1) is 0 Å². The molecule has 0 radical (unpaired) electrons. The molecule has 42 heavy (non-hydrogen) atoms. The molecular weight excluding hydrogens is 581 g/mol. The molecular formula is C31H37ClFN3O5S. The van der Waals surface area contributed by atoms with Crippen molar-refractivity contribution in [2.75, 3.05) is 30.8 Å². The Morgan fingerprint density at radius 1 is 1.05 bits per heavy atom. The molecule has 3 aromatic carbocycles. The zero-order valence-electron chi connectivity index (χ0n) is 24.1. The summed E-state index contributed by atoms with van der Waals surface area (Å²) in [5.41, 5.74) is 1.46. The van der Waals surface area contributed by atoms with Crippen LogP contribution in [-0.2, 0) is 32.6 Å². The number of halogens is 2. The second-order valence-corrected chi connectivity index (χ2v) is 12.2. The molecule has 0 aromatic heterocycles. The average Bonchev–Trinajstić information content (AvgIpc) is 2.96. The molecule has 1 atom stereocenters. The van der Waals surface area contributed by atoms with Gasteiger partial charge in [0.05, 0.1) is 24.1 Å². The smallest absolute Gasteiger partial charge is 0.243 e. The molecule has 0 spiro atoms. The molecule has 0 heterocycles. The quantitative estimate of drug-likeness (QED) is 0.253. The van der Waals surface area contributed by atoms with Crippen LogP contribution in [0.25, 0.3) is 0 Å². The van der Waals surface area contributed by atoms with Crippen LogP contribution in [0.3, 0.4) is 0 Å². The lowest BCUT2D eigenvalue weighted by Gasteiger charge is -2.32. The van der Waals surface area contributed by atoms with Gasteiger partial charge in [0.25, 0.3) is 0 Å². The molecule has 0 saturated carbocycles. The van der Waals surface area contributed by atoms with Crippen molar-refractivity contribution >= 4 is 39.1 Å². The van der Waals surface area contributed by atoms with Crippen molar-refractivity contribution in [1.29, 1.82) is 0 Å². The first-order valence-electron chi connectivity index (χ1n) is 13.7. The van der Waals surface area contributed by atoms with E-state index in [4.69, 9.17) is 16.3 Å². The fraction of sp³-hybridized carbons (Fsp3) is 0.355. The predicted molar refractivity (Wildman–Crippen MR) is 164 cm³/mol. The van der Waals surface area contributed by atoms with Gasteiger partial charge < -0.3 is 15.0 Å². The minimum Gasteiger partial charge on any atom is -0.495 e. The molecule has 0 aliphatic heterocycles. The maximum absolute atomic E-state index is 14.7. The highest BCUT2D eigenvalue weighted by Crippen LogP contribution is 2.30. The Morgan fingerprint density at radius 3 is 2.36 bits per heavy atom. The van der Waals surface area contributed by atoms with Crippen LogP contribution in [0.4, 0.5) is 10.1 Å². The van der Waals surface area contributed by atoms with Crippen LogP contribution in [0, 0.1) is 5.82 Å². The lowest BCUT2D eigenvalue weighted by molar-refractivity contribution is -0.141. The third kappa shape index (κ3) is 9.19. The Bertz CT molecular complexity index is 1460. The highest BCUT2D eigenvalue weighted by molar-refractivity contribution is 7.92. The van der Waals surface area contributed by atoms with Crippen molar-refractivity contribution in [3.05, 3.63) is 94.8 Å². The molecule has 0 aliphatic rings. The first kappa shape index (κ1) is 32.9. The van der Waals surface area contributed by atoms with Crippen molar-refractivity contribution < 1.29 is 27.1 Å². The summed E-state index contributed by atoms with van der Waals surface area (Å²) >= 11 is 6.23. The number of nitrogens with zero attached hydrogens (tertiary/aromatic N) is 2. The Labute approximate surface area is 252 Å². The van der Waals surface area contributed by atoms with Crippen LogP contribution in [0.15, 0.2) is 72.8 Å². The van der Waals surface area contributed by atoms with E-state index in [-0.39, 0.29) is 48.8 Å². The molecule has 2 amide bonds. The van der Waals surface area contributed by atoms with E-state index in [1.165, 1.54) is 28.4 Å². The maximum atomic E-state index is 14.7. The molecule has 226 valence electrons. The molecule has 3 rings (SSSR count). The number of nitrogens with one attached hydrogen (secondary N) is 1. The zero-order valence-corrected chi connectivity index (χ0v) is 25.6. The first-order chi connectivity index (χ1) is 20.0. The van der Waals surface area contributed by atoms with Gasteiger partial charge in [0.1, 0.15) is 17.6 Å². The van der Waals surface area contributed by atoms with Crippen LogP contribution >= 0.6 is 11.6 Å². The number of anilines is 1. The zero-order chi connectivity index (χ0) is 30.7. The number of rotatable bonds is 15. The number of carbonyl (C=O) groups excluding carboxylic acids is 2. The molecule has 0 saturated heterocycles. The van der Waals surface area contributed by atoms with Crippen molar-refractivity contribution in [3.8, 4) is 5.75 Å². The van der Waals surface area contributed by atoms with Gasteiger partial charge in [-0.1, -0.05) is 67.1 Å². The van der Waals surface area contributed by atoms with E-state index in [2.05, 4.69) is 5.32 Å². The number of ether oxygens (including phenoxy) is 1. The van der Waals surface area contributed by atoms with E-state index in [1.807, 2.05) is 37.3 Å². The predicted octanol–water partition coefficient (Wildman–Crippen LogP) is 5.20. The molecule has 0 unspecified atom stereocenters.